The minimum absolute atomic E-state index is 1.14. The molecular weight excluding hydrogens is 773 g/mol. The number of aromatic nitrogens is 2. The van der Waals surface area contributed by atoms with Gasteiger partial charge in [-0.05, 0) is 127 Å². The Kier molecular flexibility index (Phi) is 8.25. The lowest BCUT2D eigenvalue weighted by Gasteiger charge is -2.18. The molecular formula is C62H40N2. The fraction of sp³-hybridized carbons (Fsp3) is 0. The third-order valence-electron chi connectivity index (χ3n) is 13.3. The molecule has 11 aromatic carbocycles. The van der Waals surface area contributed by atoms with Crippen LogP contribution in [0.3, 0.4) is 0 Å². The van der Waals surface area contributed by atoms with Crippen LogP contribution < -0.4 is 0 Å². The quantitative estimate of drug-likeness (QED) is 0.148. The Bertz CT molecular complexity index is 3850. The summed E-state index contributed by atoms with van der Waals surface area (Å²) in [6.45, 7) is 0. The summed E-state index contributed by atoms with van der Waals surface area (Å²) in [7, 11) is 0. The smallest absolute Gasteiger partial charge is 0.0541 e. The average Bonchev–Trinajstić information content (AvgIpc) is 3.88. The zero-order valence-corrected chi connectivity index (χ0v) is 35.0. The highest BCUT2D eigenvalue weighted by Crippen LogP contribution is 2.44. The third kappa shape index (κ3) is 5.66. The SMILES string of the molecule is c1ccc(-c2ccc(-n3c4ccccc4c4cc(-c5ccc6c(c5)c5ccccc5n6-c5ccc(-c6c7ccccc7c(-c7ccccc7)c7ccccc67)cc5)ccc43)cc2)cc1. The van der Waals surface area contributed by atoms with E-state index >= 15 is 0 Å². The maximum absolute atomic E-state index is 2.42. The molecule has 0 aliphatic heterocycles. The number of hydrogen-bond acceptors (Lipinski definition) is 0. The molecule has 0 amide bonds. The van der Waals surface area contributed by atoms with Gasteiger partial charge in [-0.3, -0.25) is 0 Å². The Hall–Kier alpha value is -8.46. The maximum atomic E-state index is 2.42. The van der Waals surface area contributed by atoms with E-state index in [1.807, 2.05) is 0 Å². The van der Waals surface area contributed by atoms with Gasteiger partial charge in [0.1, 0.15) is 0 Å². The van der Waals surface area contributed by atoms with Gasteiger partial charge < -0.3 is 9.13 Å². The summed E-state index contributed by atoms with van der Waals surface area (Å²) in [5.41, 5.74) is 16.9. The number of fused-ring (bicyclic) bond motifs is 8. The summed E-state index contributed by atoms with van der Waals surface area (Å²) >= 11 is 0. The van der Waals surface area contributed by atoms with Crippen LogP contribution in [0.5, 0.6) is 0 Å². The molecule has 0 saturated heterocycles. The van der Waals surface area contributed by atoms with Crippen molar-refractivity contribution in [3.05, 3.63) is 243 Å². The summed E-state index contributed by atoms with van der Waals surface area (Å²) in [5.74, 6) is 0. The highest BCUT2D eigenvalue weighted by atomic mass is 15.0. The lowest BCUT2D eigenvalue weighted by Crippen LogP contribution is -1.95. The Morgan fingerprint density at radius 3 is 0.922 bits per heavy atom. The van der Waals surface area contributed by atoms with Crippen molar-refractivity contribution in [1.82, 2.24) is 9.13 Å². The van der Waals surface area contributed by atoms with Gasteiger partial charge in [0.05, 0.1) is 22.1 Å². The largest absolute Gasteiger partial charge is 0.309 e. The molecule has 64 heavy (non-hydrogen) atoms. The van der Waals surface area contributed by atoms with Gasteiger partial charge in [-0.2, -0.15) is 0 Å². The molecule has 0 saturated carbocycles. The van der Waals surface area contributed by atoms with E-state index in [0.717, 1.165) is 11.4 Å². The molecule has 0 aliphatic rings. The van der Waals surface area contributed by atoms with Crippen molar-refractivity contribution in [1.29, 1.82) is 0 Å². The summed E-state index contributed by atoms with van der Waals surface area (Å²) in [6.07, 6.45) is 0. The monoisotopic (exact) mass is 812 g/mol. The molecule has 0 radical (unpaired) electrons. The number of rotatable bonds is 6. The van der Waals surface area contributed by atoms with E-state index < -0.39 is 0 Å². The molecule has 0 fully saturated rings. The number of hydrogen-bond donors (Lipinski definition) is 0. The molecule has 2 nitrogen and oxygen atoms in total. The third-order valence-corrected chi connectivity index (χ3v) is 13.3. The fourth-order valence-electron chi connectivity index (χ4n) is 10.4. The molecule has 0 spiro atoms. The summed E-state index contributed by atoms with van der Waals surface area (Å²) in [6, 6.07) is 88.9. The van der Waals surface area contributed by atoms with E-state index in [1.165, 1.54) is 110 Å². The number of para-hydroxylation sites is 2. The summed E-state index contributed by atoms with van der Waals surface area (Å²) < 4.78 is 4.82. The van der Waals surface area contributed by atoms with Gasteiger partial charge in [0.2, 0.25) is 0 Å². The van der Waals surface area contributed by atoms with E-state index in [0.29, 0.717) is 0 Å². The van der Waals surface area contributed by atoms with Crippen LogP contribution in [0.25, 0.3) is 121 Å². The molecule has 2 aromatic heterocycles. The number of benzene rings is 11. The van der Waals surface area contributed by atoms with Gasteiger partial charge in [0.25, 0.3) is 0 Å². The van der Waals surface area contributed by atoms with Crippen molar-refractivity contribution in [3.8, 4) is 55.9 Å². The maximum Gasteiger partial charge on any atom is 0.0541 e. The molecule has 298 valence electrons. The first-order valence-corrected chi connectivity index (χ1v) is 22.1. The van der Waals surface area contributed by atoms with Crippen LogP contribution in [0.4, 0.5) is 0 Å². The molecule has 0 atom stereocenters. The van der Waals surface area contributed by atoms with E-state index in [9.17, 15) is 0 Å². The van der Waals surface area contributed by atoms with Crippen LogP contribution in [-0.2, 0) is 0 Å². The Balaban J connectivity index is 0.910. The van der Waals surface area contributed by atoms with Gasteiger partial charge in [-0.25, -0.2) is 0 Å². The van der Waals surface area contributed by atoms with Crippen LogP contribution in [0.1, 0.15) is 0 Å². The standard InChI is InChI=1S/C62H40N2/c1-3-15-41(16-4-1)42-27-33-47(34-28-42)63-57-25-13-11-19-49(57)55-39-45(31-37-59(55)63)46-32-38-60-56(40-46)50-20-12-14-26-58(50)64(60)48-35-29-44(30-36-48)62-53-23-9-7-21-51(53)61(43-17-5-2-6-18-43)52-22-8-10-24-54(52)62/h1-40H. The average molecular weight is 813 g/mol. The lowest BCUT2D eigenvalue weighted by molar-refractivity contribution is 1.18. The fourth-order valence-corrected chi connectivity index (χ4v) is 10.4. The van der Waals surface area contributed by atoms with E-state index in [4.69, 9.17) is 0 Å². The van der Waals surface area contributed by atoms with Crippen molar-refractivity contribution in [2.24, 2.45) is 0 Å². The predicted molar refractivity (Wildman–Crippen MR) is 272 cm³/mol. The molecule has 13 rings (SSSR count). The Labute approximate surface area is 371 Å². The van der Waals surface area contributed by atoms with Gasteiger partial charge in [0, 0.05) is 32.9 Å². The lowest BCUT2D eigenvalue weighted by atomic mass is 9.86. The van der Waals surface area contributed by atoms with Crippen LogP contribution in [-0.4, -0.2) is 9.13 Å². The van der Waals surface area contributed by atoms with Crippen LogP contribution in [0.15, 0.2) is 243 Å². The van der Waals surface area contributed by atoms with Gasteiger partial charge >= 0.3 is 0 Å². The molecule has 0 aliphatic carbocycles. The summed E-state index contributed by atoms with van der Waals surface area (Å²) in [4.78, 5) is 0. The molecule has 0 bridgehead atoms. The minimum Gasteiger partial charge on any atom is -0.309 e. The van der Waals surface area contributed by atoms with Crippen molar-refractivity contribution in [2.75, 3.05) is 0 Å². The predicted octanol–water partition coefficient (Wildman–Crippen LogP) is 16.9. The molecule has 2 heteroatoms. The topological polar surface area (TPSA) is 9.86 Å². The number of nitrogens with zero attached hydrogens (tertiary/aromatic N) is 2. The minimum atomic E-state index is 1.14. The van der Waals surface area contributed by atoms with E-state index in [1.54, 1.807) is 0 Å². The molecule has 0 unspecified atom stereocenters. The summed E-state index contributed by atoms with van der Waals surface area (Å²) in [5, 5.41) is 10.0. The van der Waals surface area contributed by atoms with Gasteiger partial charge in [-0.15, -0.1) is 0 Å². The molecule has 13 aromatic rings. The normalized spacial score (nSPS) is 11.8. The van der Waals surface area contributed by atoms with Gasteiger partial charge in [0.15, 0.2) is 0 Å². The first-order valence-electron chi connectivity index (χ1n) is 22.1. The van der Waals surface area contributed by atoms with Crippen LogP contribution in [0, 0.1) is 0 Å². The Morgan fingerprint density at radius 2 is 0.484 bits per heavy atom. The second kappa shape index (κ2) is 14.6. The molecule has 0 N–H and O–H groups in total. The highest BCUT2D eigenvalue weighted by molar-refractivity contribution is 6.21. The second-order valence-corrected chi connectivity index (χ2v) is 16.8. The second-order valence-electron chi connectivity index (χ2n) is 16.8. The van der Waals surface area contributed by atoms with Crippen molar-refractivity contribution in [2.45, 2.75) is 0 Å². The van der Waals surface area contributed by atoms with E-state index in [-0.39, 0.29) is 0 Å². The zero-order valence-electron chi connectivity index (χ0n) is 35.0. The van der Waals surface area contributed by atoms with E-state index in [2.05, 4.69) is 252 Å². The first kappa shape index (κ1) is 36.2. The van der Waals surface area contributed by atoms with Crippen LogP contribution >= 0.6 is 0 Å². The van der Waals surface area contributed by atoms with Crippen molar-refractivity contribution < 1.29 is 0 Å². The van der Waals surface area contributed by atoms with Gasteiger partial charge in [-0.1, -0.05) is 182 Å². The highest BCUT2D eigenvalue weighted by Gasteiger charge is 2.19. The first-order chi connectivity index (χ1) is 31.8. The molecule has 2 heterocycles. The zero-order chi connectivity index (χ0) is 42.1. The Morgan fingerprint density at radius 1 is 0.188 bits per heavy atom. The van der Waals surface area contributed by atoms with Crippen molar-refractivity contribution in [3.63, 3.8) is 0 Å². The van der Waals surface area contributed by atoms with Crippen molar-refractivity contribution >= 4 is 65.2 Å². The van der Waals surface area contributed by atoms with Crippen LogP contribution in [0.2, 0.25) is 0 Å².